The Morgan fingerprint density at radius 3 is 1.35 bits per heavy atom. The van der Waals surface area contributed by atoms with Gasteiger partial charge in [0.15, 0.2) is 22.3 Å². The molecule has 5 rings (SSSR count). The van der Waals surface area contributed by atoms with Crippen LogP contribution in [0.15, 0.2) is 53.6 Å². The van der Waals surface area contributed by atoms with Crippen LogP contribution in [0.1, 0.15) is 11.1 Å². The van der Waals surface area contributed by atoms with E-state index in [0.717, 1.165) is 9.13 Å². The van der Waals surface area contributed by atoms with Crippen LogP contribution in [0.5, 0.6) is 0 Å². The maximum atomic E-state index is 12.6. The van der Waals surface area contributed by atoms with Crippen LogP contribution in [0.3, 0.4) is 0 Å². The Labute approximate surface area is 224 Å². The number of hydrogen-bond donors (Lipinski definition) is 2. The van der Waals surface area contributed by atoms with Gasteiger partial charge >= 0.3 is 11.4 Å². The number of fused-ring (bicyclic) bond motifs is 2. The molecule has 0 aliphatic heterocycles. The predicted octanol–water partition coefficient (Wildman–Crippen LogP) is -0.853. The van der Waals surface area contributed by atoms with Crippen molar-refractivity contribution in [2.24, 2.45) is 52.5 Å². The summed E-state index contributed by atoms with van der Waals surface area (Å²) in [5, 5.41) is 8.51. The number of imidazole rings is 2. The summed E-state index contributed by atoms with van der Waals surface area (Å²) >= 11 is 0. The molecular formula is C24H26N12O4. The molecule has 1 aromatic carbocycles. The van der Waals surface area contributed by atoms with E-state index < -0.39 is 22.5 Å². The van der Waals surface area contributed by atoms with E-state index in [2.05, 4.69) is 31.0 Å². The lowest BCUT2D eigenvalue weighted by molar-refractivity contribution is 0.705. The van der Waals surface area contributed by atoms with Gasteiger partial charge in [0.25, 0.3) is 11.1 Å². The molecule has 5 aromatic rings. The van der Waals surface area contributed by atoms with E-state index in [-0.39, 0.29) is 34.2 Å². The normalized spacial score (nSPS) is 11.9. The lowest BCUT2D eigenvalue weighted by Gasteiger charge is -2.04. The Hall–Kier alpha value is -5.54. The number of aryl methyl sites for hydroxylation is 4. The molecule has 0 spiro atoms. The average molecular weight is 547 g/mol. The van der Waals surface area contributed by atoms with Gasteiger partial charge in [-0.25, -0.2) is 20.4 Å². The molecule has 0 saturated heterocycles. The molecule has 16 heteroatoms. The molecule has 2 N–H and O–H groups in total. The largest absolute Gasteiger partial charge is 0.332 e. The maximum absolute atomic E-state index is 12.6. The molecule has 0 aliphatic carbocycles. The Morgan fingerprint density at radius 2 is 0.975 bits per heavy atom. The number of nitrogens with one attached hydrogen (secondary N) is 2. The fourth-order valence-corrected chi connectivity index (χ4v) is 4.30. The summed E-state index contributed by atoms with van der Waals surface area (Å²) in [4.78, 5) is 58.3. The van der Waals surface area contributed by atoms with Crippen LogP contribution < -0.4 is 33.3 Å². The summed E-state index contributed by atoms with van der Waals surface area (Å²) in [6.07, 6.45) is 3.12. The van der Waals surface area contributed by atoms with Gasteiger partial charge in [0.1, 0.15) is 0 Å². The van der Waals surface area contributed by atoms with E-state index in [4.69, 9.17) is 0 Å². The molecule has 0 bridgehead atoms. The van der Waals surface area contributed by atoms with E-state index in [1.54, 1.807) is 40.6 Å². The monoisotopic (exact) mass is 546 g/mol. The van der Waals surface area contributed by atoms with Crippen molar-refractivity contribution in [2.75, 3.05) is 10.9 Å². The topological polar surface area (TPSA) is 172 Å². The lowest BCUT2D eigenvalue weighted by atomic mass is 10.1. The molecule has 16 nitrogen and oxygen atoms in total. The molecule has 206 valence electrons. The molecule has 4 heterocycles. The van der Waals surface area contributed by atoms with E-state index in [1.165, 1.54) is 32.4 Å². The smallest absolute Gasteiger partial charge is 0.306 e. The van der Waals surface area contributed by atoms with Crippen LogP contribution in [0.4, 0.5) is 11.9 Å². The quantitative estimate of drug-likeness (QED) is 0.205. The molecule has 4 aromatic heterocycles. The van der Waals surface area contributed by atoms with Gasteiger partial charge in [0.05, 0.1) is 12.4 Å². The fraction of sp³-hybridized carbons (Fsp3) is 0.250. The molecule has 40 heavy (non-hydrogen) atoms. The standard InChI is InChI=1S/C24H26N12O4/c1-31-15-17(33(3)23(39)35(5)19(15)37)27-21(31)29-25-11-13-9-7-8-10-14(13)12-26-30-22-28-18-16(32(22)2)20(38)36(6)24(40)34(18)4/h7-12H,1-6H3,(H,27,29)(H,28,30)/b25-11+,26-12+. The molecular weight excluding hydrogens is 520 g/mol. The van der Waals surface area contributed by atoms with Crippen molar-refractivity contribution in [2.45, 2.75) is 0 Å². The first-order valence-electron chi connectivity index (χ1n) is 11.9. The highest BCUT2D eigenvalue weighted by atomic mass is 16.2. The first kappa shape index (κ1) is 26.1. The van der Waals surface area contributed by atoms with Crippen molar-refractivity contribution in [3.8, 4) is 0 Å². The third kappa shape index (κ3) is 4.01. The Bertz CT molecular complexity index is 1970. The number of nitrogens with zero attached hydrogens (tertiary/aromatic N) is 10. The summed E-state index contributed by atoms with van der Waals surface area (Å²) in [5.74, 6) is 0.555. The van der Waals surface area contributed by atoms with Crippen molar-refractivity contribution in [1.82, 2.24) is 37.4 Å². The SMILES string of the molecule is Cn1c(=O)c2c(nc(N/N=C/c3ccccc3/C=N/Nc3nc4c(c(=O)n(C)c(=O)n4C)n3C)n2C)n(C)c1=O. The van der Waals surface area contributed by atoms with Gasteiger partial charge < -0.3 is 9.13 Å². The second kappa shape index (κ2) is 9.64. The average Bonchev–Trinajstić information content (AvgIpc) is 3.45. The van der Waals surface area contributed by atoms with E-state index in [1.807, 2.05) is 24.3 Å². The zero-order chi connectivity index (χ0) is 28.9. The summed E-state index contributed by atoms with van der Waals surface area (Å²) < 4.78 is 7.71. The Balaban J connectivity index is 1.39. The number of anilines is 2. The van der Waals surface area contributed by atoms with Crippen LogP contribution >= 0.6 is 0 Å². The second-order valence-electron chi connectivity index (χ2n) is 9.11. The first-order valence-corrected chi connectivity index (χ1v) is 11.9. The van der Waals surface area contributed by atoms with Crippen molar-refractivity contribution >= 4 is 46.7 Å². The highest BCUT2D eigenvalue weighted by Crippen LogP contribution is 2.14. The lowest BCUT2D eigenvalue weighted by Crippen LogP contribution is -2.37. The zero-order valence-corrected chi connectivity index (χ0v) is 22.6. The molecule has 0 fully saturated rings. The number of benzene rings is 1. The van der Waals surface area contributed by atoms with Crippen molar-refractivity contribution in [3.63, 3.8) is 0 Å². The van der Waals surface area contributed by atoms with Crippen LogP contribution in [0.25, 0.3) is 22.3 Å². The molecule has 0 radical (unpaired) electrons. The van der Waals surface area contributed by atoms with E-state index >= 15 is 0 Å². The minimum Gasteiger partial charge on any atom is -0.306 e. The van der Waals surface area contributed by atoms with Gasteiger partial charge in [0, 0.05) is 53.4 Å². The second-order valence-corrected chi connectivity index (χ2v) is 9.11. The van der Waals surface area contributed by atoms with Crippen LogP contribution in [0, 0.1) is 0 Å². The van der Waals surface area contributed by atoms with E-state index in [9.17, 15) is 19.2 Å². The van der Waals surface area contributed by atoms with Gasteiger partial charge in [0.2, 0.25) is 11.9 Å². The predicted molar refractivity (Wildman–Crippen MR) is 151 cm³/mol. The summed E-state index contributed by atoms with van der Waals surface area (Å²) in [5.41, 5.74) is 6.22. The van der Waals surface area contributed by atoms with E-state index in [0.29, 0.717) is 11.1 Å². The zero-order valence-electron chi connectivity index (χ0n) is 22.6. The number of hydrazone groups is 2. The van der Waals surface area contributed by atoms with Crippen LogP contribution in [-0.2, 0) is 42.3 Å². The maximum Gasteiger partial charge on any atom is 0.332 e. The number of rotatable bonds is 6. The molecule has 0 aliphatic rings. The van der Waals surface area contributed by atoms with Crippen molar-refractivity contribution in [3.05, 3.63) is 77.1 Å². The van der Waals surface area contributed by atoms with Gasteiger partial charge in [-0.05, 0) is 0 Å². The summed E-state index contributed by atoms with van der Waals surface area (Å²) in [7, 11) is 9.22. The molecule has 0 atom stereocenters. The highest BCUT2D eigenvalue weighted by Gasteiger charge is 2.18. The van der Waals surface area contributed by atoms with Gasteiger partial charge in [-0.15, -0.1) is 0 Å². The minimum atomic E-state index is -0.474. The summed E-state index contributed by atoms with van der Waals surface area (Å²) in [6.45, 7) is 0. The fourth-order valence-electron chi connectivity index (χ4n) is 4.30. The number of hydrogen-bond acceptors (Lipinski definition) is 10. The van der Waals surface area contributed by atoms with Crippen molar-refractivity contribution < 1.29 is 0 Å². The van der Waals surface area contributed by atoms with Gasteiger partial charge in [-0.1, -0.05) is 24.3 Å². The molecule has 0 amide bonds. The Kier molecular flexibility index (Phi) is 6.29. The molecule has 0 unspecified atom stereocenters. The van der Waals surface area contributed by atoms with Gasteiger partial charge in [-0.2, -0.15) is 20.2 Å². The van der Waals surface area contributed by atoms with Crippen LogP contribution in [-0.4, -0.2) is 49.8 Å². The van der Waals surface area contributed by atoms with Crippen LogP contribution in [0.2, 0.25) is 0 Å². The highest BCUT2D eigenvalue weighted by molar-refractivity contribution is 5.94. The van der Waals surface area contributed by atoms with Gasteiger partial charge in [-0.3, -0.25) is 27.9 Å². The molecule has 0 saturated carbocycles. The third-order valence-corrected chi connectivity index (χ3v) is 6.68. The van der Waals surface area contributed by atoms with Crippen molar-refractivity contribution in [1.29, 1.82) is 0 Å². The first-order chi connectivity index (χ1) is 19.0. The summed E-state index contributed by atoms with van der Waals surface area (Å²) in [6, 6.07) is 7.33. The number of aromatic nitrogens is 8. The third-order valence-electron chi connectivity index (χ3n) is 6.68. The Morgan fingerprint density at radius 1 is 0.600 bits per heavy atom. The minimum absolute atomic E-state index is 0.242.